The van der Waals surface area contributed by atoms with Gasteiger partial charge < -0.3 is 4.74 Å². The zero-order valence-electron chi connectivity index (χ0n) is 11.6. The molecule has 1 aliphatic rings. The molecule has 21 heavy (non-hydrogen) atoms. The number of fused-ring (bicyclic) bond motifs is 1. The second kappa shape index (κ2) is 6.10. The van der Waals surface area contributed by atoms with Crippen LogP contribution >= 0.6 is 28.6 Å². The summed E-state index contributed by atoms with van der Waals surface area (Å²) in [6.45, 7) is 2.12. The molecule has 0 atom stereocenters. The summed E-state index contributed by atoms with van der Waals surface area (Å²) in [5.74, 6) is 0.749. The topological polar surface area (TPSA) is 44.1 Å². The molecule has 4 nitrogen and oxygen atoms in total. The predicted molar refractivity (Wildman–Crippen MR) is 90.0 cm³/mol. The molecule has 0 unspecified atom stereocenters. The Balaban J connectivity index is 2.00. The number of hydrogen-bond donors (Lipinski definition) is 1. The van der Waals surface area contributed by atoms with Crippen LogP contribution in [0.15, 0.2) is 33.8 Å². The molecule has 1 aliphatic heterocycles. The van der Waals surface area contributed by atoms with E-state index < -0.39 is 0 Å². The summed E-state index contributed by atoms with van der Waals surface area (Å²) in [5, 5.41) is 0.647. The quantitative estimate of drug-likeness (QED) is 0.847. The van der Waals surface area contributed by atoms with Gasteiger partial charge in [-0.15, -0.1) is 0 Å². The maximum atomic E-state index is 12.7. The Bertz CT molecular complexity index is 710. The number of thiol groups is 1. The molecule has 2 aromatic rings. The lowest BCUT2D eigenvalue weighted by molar-refractivity contribution is 0.0177. The molecule has 0 radical (unpaired) electrons. The summed E-state index contributed by atoms with van der Waals surface area (Å²) in [4.78, 5) is 17.1. The monoisotopic (exact) mass is 368 g/mol. The molecule has 0 aliphatic carbocycles. The third-order valence-corrected chi connectivity index (χ3v) is 5.34. The summed E-state index contributed by atoms with van der Waals surface area (Å²) < 4.78 is 8.05. The number of halogens is 1. The van der Waals surface area contributed by atoms with Crippen molar-refractivity contribution < 1.29 is 4.74 Å². The van der Waals surface area contributed by atoms with Gasteiger partial charge in [0.1, 0.15) is 0 Å². The summed E-state index contributed by atoms with van der Waals surface area (Å²) in [5.41, 5.74) is 0.757. The van der Waals surface area contributed by atoms with E-state index in [1.54, 1.807) is 10.9 Å². The Labute approximate surface area is 137 Å². The second-order valence-electron chi connectivity index (χ2n) is 5.61. The van der Waals surface area contributed by atoms with Crippen LogP contribution in [0.3, 0.4) is 0 Å². The van der Waals surface area contributed by atoms with Crippen LogP contribution in [0.5, 0.6) is 0 Å². The van der Waals surface area contributed by atoms with E-state index in [0.717, 1.165) is 41.8 Å². The fourth-order valence-corrected chi connectivity index (χ4v) is 3.55. The summed E-state index contributed by atoms with van der Waals surface area (Å²) >= 11 is 7.91. The molecule has 0 saturated carbocycles. The molecule has 0 spiro atoms. The average Bonchev–Trinajstić information content (AvgIpc) is 2.52. The molecule has 1 saturated heterocycles. The fraction of sp³-hybridized carbons (Fsp3) is 0.467. The molecule has 0 bridgehead atoms. The molecule has 0 amide bonds. The van der Waals surface area contributed by atoms with Crippen molar-refractivity contribution in [3.63, 3.8) is 0 Å². The van der Waals surface area contributed by atoms with Gasteiger partial charge in [-0.3, -0.25) is 9.36 Å². The van der Waals surface area contributed by atoms with E-state index in [1.807, 2.05) is 18.2 Å². The lowest BCUT2D eigenvalue weighted by atomic mass is 9.82. The minimum Gasteiger partial charge on any atom is -0.381 e. The highest BCUT2D eigenvalue weighted by Crippen LogP contribution is 2.33. The molecule has 1 aromatic carbocycles. The van der Waals surface area contributed by atoms with E-state index in [4.69, 9.17) is 4.74 Å². The Kier molecular flexibility index (Phi) is 4.38. The zero-order valence-corrected chi connectivity index (χ0v) is 14.1. The van der Waals surface area contributed by atoms with Gasteiger partial charge in [-0.25, -0.2) is 4.98 Å². The van der Waals surface area contributed by atoms with E-state index >= 15 is 0 Å². The Morgan fingerprint density at radius 2 is 2.14 bits per heavy atom. The Morgan fingerprint density at radius 3 is 2.86 bits per heavy atom. The van der Waals surface area contributed by atoms with Gasteiger partial charge in [-0.1, -0.05) is 15.9 Å². The lowest BCUT2D eigenvalue weighted by Gasteiger charge is -2.36. The minimum absolute atomic E-state index is 0.00829. The Morgan fingerprint density at radius 1 is 1.38 bits per heavy atom. The van der Waals surface area contributed by atoms with E-state index in [-0.39, 0.29) is 11.0 Å². The van der Waals surface area contributed by atoms with Crippen LogP contribution in [0.25, 0.3) is 10.9 Å². The molecule has 2 heterocycles. The van der Waals surface area contributed by atoms with Crippen LogP contribution in [0, 0.1) is 5.41 Å². The SMILES string of the molecule is O=c1c2cc(Br)ccc2ncn1CC1(CS)CCOCC1. The summed E-state index contributed by atoms with van der Waals surface area (Å²) in [6, 6.07) is 5.58. The van der Waals surface area contributed by atoms with Crippen LogP contribution in [-0.4, -0.2) is 28.5 Å². The normalized spacial score (nSPS) is 18.0. The first-order chi connectivity index (χ1) is 10.1. The maximum Gasteiger partial charge on any atom is 0.261 e. The molecule has 3 rings (SSSR count). The summed E-state index contributed by atoms with van der Waals surface area (Å²) in [6.07, 6.45) is 3.51. The largest absolute Gasteiger partial charge is 0.381 e. The van der Waals surface area contributed by atoms with Gasteiger partial charge >= 0.3 is 0 Å². The highest BCUT2D eigenvalue weighted by molar-refractivity contribution is 9.10. The molecule has 1 aromatic heterocycles. The van der Waals surface area contributed by atoms with Crippen LogP contribution < -0.4 is 5.56 Å². The highest BCUT2D eigenvalue weighted by atomic mass is 79.9. The number of nitrogens with zero attached hydrogens (tertiary/aromatic N) is 2. The van der Waals surface area contributed by atoms with Crippen molar-refractivity contribution in [3.05, 3.63) is 39.4 Å². The van der Waals surface area contributed by atoms with Crippen LogP contribution in [0.2, 0.25) is 0 Å². The molecule has 0 N–H and O–H groups in total. The van der Waals surface area contributed by atoms with Crippen molar-refractivity contribution in [2.75, 3.05) is 19.0 Å². The Hall–Kier alpha value is -0.850. The third kappa shape index (κ3) is 3.03. The fourth-order valence-electron chi connectivity index (χ4n) is 2.78. The van der Waals surface area contributed by atoms with Crippen molar-refractivity contribution in [1.29, 1.82) is 0 Å². The smallest absolute Gasteiger partial charge is 0.261 e. The number of benzene rings is 1. The van der Waals surface area contributed by atoms with E-state index in [2.05, 4.69) is 33.5 Å². The van der Waals surface area contributed by atoms with Gasteiger partial charge in [-0.05, 0) is 36.8 Å². The van der Waals surface area contributed by atoms with Crippen LogP contribution in [0.1, 0.15) is 12.8 Å². The number of rotatable bonds is 3. The molecule has 112 valence electrons. The van der Waals surface area contributed by atoms with Crippen molar-refractivity contribution >= 4 is 39.5 Å². The minimum atomic E-state index is 0.00829. The van der Waals surface area contributed by atoms with Gasteiger partial charge in [0.15, 0.2) is 0 Å². The maximum absolute atomic E-state index is 12.7. The van der Waals surface area contributed by atoms with Gasteiger partial charge in [0.2, 0.25) is 0 Å². The van der Waals surface area contributed by atoms with Crippen LogP contribution in [0.4, 0.5) is 0 Å². The summed E-state index contributed by atoms with van der Waals surface area (Å²) in [7, 11) is 0. The van der Waals surface area contributed by atoms with Crippen molar-refractivity contribution in [2.24, 2.45) is 5.41 Å². The number of aromatic nitrogens is 2. The molecule has 6 heteroatoms. The van der Waals surface area contributed by atoms with E-state index in [1.165, 1.54) is 0 Å². The van der Waals surface area contributed by atoms with Crippen molar-refractivity contribution in [2.45, 2.75) is 19.4 Å². The van der Waals surface area contributed by atoms with Crippen molar-refractivity contribution in [3.8, 4) is 0 Å². The molecule has 1 fully saturated rings. The first-order valence-electron chi connectivity index (χ1n) is 6.97. The van der Waals surface area contributed by atoms with Crippen LogP contribution in [-0.2, 0) is 11.3 Å². The zero-order chi connectivity index (χ0) is 14.9. The van der Waals surface area contributed by atoms with Gasteiger partial charge in [0, 0.05) is 29.6 Å². The standard InChI is InChI=1S/C15H17BrN2O2S/c16-11-1-2-13-12(7-11)14(19)18(10-17-13)8-15(9-21)3-5-20-6-4-15/h1-2,7,10,21H,3-6,8-9H2. The number of ether oxygens (including phenoxy) is 1. The van der Waals surface area contributed by atoms with Gasteiger partial charge in [-0.2, -0.15) is 12.6 Å². The van der Waals surface area contributed by atoms with E-state index in [9.17, 15) is 4.79 Å². The molecular formula is C15H17BrN2O2S. The predicted octanol–water partition coefficient (Wildman–Crippen LogP) is 2.89. The van der Waals surface area contributed by atoms with Gasteiger partial charge in [0.05, 0.1) is 17.2 Å². The van der Waals surface area contributed by atoms with E-state index in [0.29, 0.717) is 11.9 Å². The highest BCUT2D eigenvalue weighted by Gasteiger charge is 2.32. The number of hydrogen-bond acceptors (Lipinski definition) is 4. The third-order valence-electron chi connectivity index (χ3n) is 4.18. The first-order valence-corrected chi connectivity index (χ1v) is 8.39. The lowest BCUT2D eigenvalue weighted by Crippen LogP contribution is -2.38. The second-order valence-corrected chi connectivity index (χ2v) is 6.84. The van der Waals surface area contributed by atoms with Gasteiger partial charge in [0.25, 0.3) is 5.56 Å². The average molecular weight is 369 g/mol. The first kappa shape index (κ1) is 15.1. The van der Waals surface area contributed by atoms with Crippen molar-refractivity contribution in [1.82, 2.24) is 9.55 Å². The molecular weight excluding hydrogens is 352 g/mol.